The van der Waals surface area contributed by atoms with Crippen molar-refractivity contribution in [1.29, 1.82) is 0 Å². The summed E-state index contributed by atoms with van der Waals surface area (Å²) < 4.78 is 0. The van der Waals surface area contributed by atoms with E-state index in [0.717, 1.165) is 22.2 Å². The number of aromatic hydroxyl groups is 1. The second-order valence-electron chi connectivity index (χ2n) is 4.52. The largest absolute Gasteiger partial charge is 0.508 e. The quantitative estimate of drug-likeness (QED) is 0.869. The summed E-state index contributed by atoms with van der Waals surface area (Å²) in [4.78, 5) is 4.60. The highest BCUT2D eigenvalue weighted by atomic mass is 79.9. The maximum Gasteiger partial charge on any atom is 0.177 e. The van der Waals surface area contributed by atoms with Gasteiger partial charge in [-0.1, -0.05) is 11.8 Å². The van der Waals surface area contributed by atoms with Crippen LogP contribution in [0.3, 0.4) is 0 Å². The number of hydrogen-bond donors (Lipinski definition) is 2. The SMILES string of the molecule is Br.Oc1ccc(C2=NNC(=NC3CCC3)SC2)cc1. The van der Waals surface area contributed by atoms with Gasteiger partial charge in [0.05, 0.1) is 11.8 Å². The topological polar surface area (TPSA) is 57.0 Å². The molecule has 1 aromatic rings. The van der Waals surface area contributed by atoms with Crippen LogP contribution in [0.25, 0.3) is 0 Å². The molecule has 0 amide bonds. The van der Waals surface area contributed by atoms with Gasteiger partial charge in [-0.15, -0.1) is 17.0 Å². The zero-order valence-corrected chi connectivity index (χ0v) is 12.9. The number of thioether (sulfide) groups is 1. The number of halogens is 1. The molecule has 0 aromatic heterocycles. The predicted octanol–water partition coefficient (Wildman–Crippen LogP) is 2.92. The monoisotopic (exact) mass is 341 g/mol. The van der Waals surface area contributed by atoms with Crippen LogP contribution in [-0.2, 0) is 0 Å². The van der Waals surface area contributed by atoms with Crippen LogP contribution in [0.2, 0.25) is 0 Å². The molecule has 19 heavy (non-hydrogen) atoms. The van der Waals surface area contributed by atoms with Gasteiger partial charge in [-0.05, 0) is 49.1 Å². The van der Waals surface area contributed by atoms with E-state index >= 15 is 0 Å². The van der Waals surface area contributed by atoms with E-state index in [4.69, 9.17) is 0 Å². The molecule has 6 heteroatoms. The number of nitrogens with zero attached hydrogens (tertiary/aromatic N) is 2. The number of rotatable bonds is 2. The fourth-order valence-electron chi connectivity index (χ4n) is 1.87. The highest BCUT2D eigenvalue weighted by Crippen LogP contribution is 2.24. The van der Waals surface area contributed by atoms with E-state index in [0.29, 0.717) is 6.04 Å². The van der Waals surface area contributed by atoms with Gasteiger partial charge in [-0.25, -0.2) is 0 Å². The Hall–Kier alpha value is -1.01. The van der Waals surface area contributed by atoms with Crippen LogP contribution in [0.4, 0.5) is 0 Å². The minimum Gasteiger partial charge on any atom is -0.508 e. The molecule has 0 atom stereocenters. The molecule has 2 aliphatic rings. The zero-order chi connectivity index (χ0) is 12.4. The van der Waals surface area contributed by atoms with Crippen molar-refractivity contribution in [1.82, 2.24) is 5.43 Å². The third-order valence-corrected chi connectivity index (χ3v) is 4.10. The summed E-state index contributed by atoms with van der Waals surface area (Å²) in [7, 11) is 0. The Morgan fingerprint density at radius 3 is 2.53 bits per heavy atom. The average molecular weight is 342 g/mol. The molecule has 1 fully saturated rings. The Bertz CT molecular complexity index is 497. The number of amidine groups is 1. The molecule has 1 aliphatic carbocycles. The second kappa shape index (κ2) is 6.43. The molecular formula is C13H16BrN3OS. The van der Waals surface area contributed by atoms with Crippen LogP contribution < -0.4 is 5.43 Å². The normalized spacial score (nSPS) is 21.1. The van der Waals surface area contributed by atoms with Crippen molar-refractivity contribution in [3.63, 3.8) is 0 Å². The Labute approximate surface area is 127 Å². The smallest absolute Gasteiger partial charge is 0.177 e. The molecule has 1 saturated carbocycles. The molecule has 4 nitrogen and oxygen atoms in total. The number of phenols is 1. The van der Waals surface area contributed by atoms with Crippen molar-refractivity contribution >= 4 is 39.6 Å². The number of hydrogen-bond acceptors (Lipinski definition) is 4. The summed E-state index contributed by atoms with van der Waals surface area (Å²) in [6.45, 7) is 0. The molecule has 2 N–H and O–H groups in total. The fourth-order valence-corrected chi connectivity index (χ4v) is 2.70. The molecule has 0 spiro atoms. The lowest BCUT2D eigenvalue weighted by Gasteiger charge is -2.23. The van der Waals surface area contributed by atoms with Crippen LogP contribution >= 0.6 is 28.7 Å². The first-order valence-electron chi connectivity index (χ1n) is 6.14. The molecule has 0 bridgehead atoms. The molecule has 0 unspecified atom stereocenters. The standard InChI is InChI=1S/C13H15N3OS.BrH/c17-11-6-4-9(5-7-11)12-8-18-13(16-15-12)14-10-2-1-3-10;/h4-7,10,17H,1-3,8H2,(H,14,16);1H. The first-order chi connectivity index (χ1) is 8.81. The molecular weight excluding hydrogens is 326 g/mol. The van der Waals surface area contributed by atoms with Gasteiger partial charge in [0.25, 0.3) is 0 Å². The molecule has 0 saturated heterocycles. The number of phenolic OH excluding ortho intramolecular Hbond substituents is 1. The van der Waals surface area contributed by atoms with E-state index in [1.54, 1.807) is 23.9 Å². The van der Waals surface area contributed by atoms with Gasteiger partial charge in [-0.2, -0.15) is 5.10 Å². The maximum atomic E-state index is 9.25. The lowest BCUT2D eigenvalue weighted by Crippen LogP contribution is -2.28. The van der Waals surface area contributed by atoms with E-state index in [2.05, 4.69) is 15.5 Å². The average Bonchev–Trinajstić information content (AvgIpc) is 2.36. The molecule has 1 aliphatic heterocycles. The summed E-state index contributed by atoms with van der Waals surface area (Å²) in [5, 5.41) is 14.5. The minimum atomic E-state index is 0. The van der Waals surface area contributed by atoms with Crippen molar-refractivity contribution in [2.45, 2.75) is 25.3 Å². The number of hydrazone groups is 1. The van der Waals surface area contributed by atoms with Gasteiger partial charge in [0.15, 0.2) is 5.17 Å². The third-order valence-electron chi connectivity index (χ3n) is 3.21. The van der Waals surface area contributed by atoms with Crippen molar-refractivity contribution in [2.75, 3.05) is 5.75 Å². The number of nitrogens with one attached hydrogen (secondary N) is 1. The van der Waals surface area contributed by atoms with E-state index in [1.807, 2.05) is 12.1 Å². The first kappa shape index (κ1) is 14.4. The Morgan fingerprint density at radius 1 is 1.26 bits per heavy atom. The number of aliphatic imine (C=N–C) groups is 1. The third kappa shape index (κ3) is 3.51. The Morgan fingerprint density at radius 2 is 2.00 bits per heavy atom. The number of benzene rings is 1. The summed E-state index contributed by atoms with van der Waals surface area (Å²) in [6.07, 6.45) is 3.72. The maximum absolute atomic E-state index is 9.25. The van der Waals surface area contributed by atoms with Crippen LogP contribution in [-0.4, -0.2) is 27.8 Å². The van der Waals surface area contributed by atoms with Crippen molar-refractivity contribution < 1.29 is 5.11 Å². The van der Waals surface area contributed by atoms with E-state index < -0.39 is 0 Å². The van der Waals surface area contributed by atoms with Gasteiger partial charge < -0.3 is 5.11 Å². The molecule has 1 aromatic carbocycles. The van der Waals surface area contributed by atoms with Gasteiger partial charge in [0, 0.05) is 5.75 Å². The minimum absolute atomic E-state index is 0. The van der Waals surface area contributed by atoms with Gasteiger partial charge in [-0.3, -0.25) is 10.4 Å². The predicted molar refractivity (Wildman–Crippen MR) is 85.6 cm³/mol. The van der Waals surface area contributed by atoms with Crippen molar-refractivity contribution in [2.24, 2.45) is 10.1 Å². The van der Waals surface area contributed by atoms with E-state index in [9.17, 15) is 5.11 Å². The fraction of sp³-hybridized carbons (Fsp3) is 0.385. The summed E-state index contributed by atoms with van der Waals surface area (Å²) in [6, 6.07) is 7.63. The van der Waals surface area contributed by atoms with Crippen molar-refractivity contribution in [3.05, 3.63) is 29.8 Å². The summed E-state index contributed by atoms with van der Waals surface area (Å²) in [5.41, 5.74) is 5.05. The first-order valence-corrected chi connectivity index (χ1v) is 7.12. The van der Waals surface area contributed by atoms with Crippen LogP contribution in [0.5, 0.6) is 5.75 Å². The zero-order valence-electron chi connectivity index (χ0n) is 10.4. The highest BCUT2D eigenvalue weighted by Gasteiger charge is 2.19. The van der Waals surface area contributed by atoms with Crippen LogP contribution in [0, 0.1) is 0 Å². The molecule has 102 valence electrons. The van der Waals surface area contributed by atoms with E-state index in [1.165, 1.54) is 19.3 Å². The van der Waals surface area contributed by atoms with Crippen molar-refractivity contribution in [3.8, 4) is 5.75 Å². The van der Waals surface area contributed by atoms with E-state index in [-0.39, 0.29) is 22.7 Å². The Balaban J connectivity index is 0.00000133. The highest BCUT2D eigenvalue weighted by molar-refractivity contribution is 8.93. The lowest BCUT2D eigenvalue weighted by molar-refractivity contribution is 0.420. The van der Waals surface area contributed by atoms with Gasteiger partial charge in [0.1, 0.15) is 5.75 Å². The Kier molecular flexibility index (Phi) is 4.87. The molecule has 0 radical (unpaired) electrons. The van der Waals surface area contributed by atoms with Crippen LogP contribution in [0.15, 0.2) is 34.4 Å². The molecule has 1 heterocycles. The van der Waals surface area contributed by atoms with Gasteiger partial charge >= 0.3 is 0 Å². The molecule has 3 rings (SSSR count). The lowest BCUT2D eigenvalue weighted by atomic mass is 9.94. The summed E-state index contributed by atoms with van der Waals surface area (Å²) >= 11 is 1.69. The second-order valence-corrected chi connectivity index (χ2v) is 5.49. The van der Waals surface area contributed by atoms with Crippen LogP contribution in [0.1, 0.15) is 24.8 Å². The van der Waals surface area contributed by atoms with Gasteiger partial charge in [0.2, 0.25) is 0 Å². The summed E-state index contributed by atoms with van der Waals surface area (Å²) in [5.74, 6) is 1.10.